The quantitative estimate of drug-likeness (QED) is 0.474. The number of benzene rings is 1. The average molecular weight is 248 g/mol. The summed E-state index contributed by atoms with van der Waals surface area (Å²) < 4.78 is 5.20. The van der Waals surface area contributed by atoms with Crippen molar-refractivity contribution in [3.63, 3.8) is 0 Å². The number of carbonyl (C=O) groups is 1. The molecule has 0 unspecified atom stereocenters. The molecule has 0 bridgehead atoms. The Hall–Kier alpha value is -1.81. The Labute approximate surface area is 108 Å². The summed E-state index contributed by atoms with van der Waals surface area (Å²) in [6, 6.07) is 7.40. The zero-order chi connectivity index (χ0) is 13.4. The molecule has 0 saturated carbocycles. The van der Waals surface area contributed by atoms with Crippen LogP contribution in [0.4, 0.5) is 5.69 Å². The summed E-state index contributed by atoms with van der Waals surface area (Å²) in [6.45, 7) is 3.75. The van der Waals surface area contributed by atoms with Gasteiger partial charge in [0.1, 0.15) is 0 Å². The lowest BCUT2D eigenvalue weighted by molar-refractivity contribution is -0.125. The van der Waals surface area contributed by atoms with E-state index in [9.17, 15) is 4.79 Å². The van der Waals surface area contributed by atoms with E-state index in [0.717, 1.165) is 5.56 Å². The molecular weight excluding hydrogens is 228 g/mol. The number of nitrogens with zero attached hydrogens (tertiary/aromatic N) is 1. The normalized spacial score (nSPS) is 10.8. The second-order valence-corrected chi connectivity index (χ2v) is 3.96. The van der Waals surface area contributed by atoms with Crippen LogP contribution in [0.2, 0.25) is 0 Å². The molecule has 0 aliphatic rings. The molecular formula is C14H20N2O2. The minimum atomic E-state index is -0.0443. The highest BCUT2D eigenvalue weighted by Gasteiger charge is 2.03. The number of likely N-dealkylation sites (N-methyl/N-ethyl adjacent to an activating group) is 1. The first-order valence-corrected chi connectivity index (χ1v) is 6.00. The molecule has 2 N–H and O–H groups in total. The van der Waals surface area contributed by atoms with Gasteiger partial charge >= 0.3 is 0 Å². The van der Waals surface area contributed by atoms with Crippen molar-refractivity contribution in [1.29, 1.82) is 0 Å². The highest BCUT2D eigenvalue weighted by atomic mass is 16.5. The second kappa shape index (κ2) is 7.50. The smallest absolute Gasteiger partial charge is 0.246 e. The molecule has 1 amide bonds. The summed E-state index contributed by atoms with van der Waals surface area (Å²) >= 11 is 0. The van der Waals surface area contributed by atoms with Crippen molar-refractivity contribution in [1.82, 2.24) is 4.90 Å². The summed E-state index contributed by atoms with van der Waals surface area (Å²) in [4.78, 5) is 13.4. The van der Waals surface area contributed by atoms with E-state index >= 15 is 0 Å². The first-order valence-electron chi connectivity index (χ1n) is 6.00. The van der Waals surface area contributed by atoms with Gasteiger partial charge in [-0.15, -0.1) is 0 Å². The van der Waals surface area contributed by atoms with Gasteiger partial charge in [-0.1, -0.05) is 12.1 Å². The third kappa shape index (κ3) is 5.01. The fourth-order valence-corrected chi connectivity index (χ4v) is 1.41. The van der Waals surface area contributed by atoms with E-state index in [-0.39, 0.29) is 5.91 Å². The van der Waals surface area contributed by atoms with Crippen molar-refractivity contribution in [2.24, 2.45) is 0 Å². The third-order valence-electron chi connectivity index (χ3n) is 2.48. The molecule has 0 aliphatic heterocycles. The Morgan fingerprint density at radius 2 is 2.28 bits per heavy atom. The molecule has 1 aromatic carbocycles. The van der Waals surface area contributed by atoms with Crippen molar-refractivity contribution in [3.8, 4) is 0 Å². The van der Waals surface area contributed by atoms with Crippen LogP contribution in [0.25, 0.3) is 6.08 Å². The molecule has 18 heavy (non-hydrogen) atoms. The van der Waals surface area contributed by atoms with E-state index in [4.69, 9.17) is 10.5 Å². The fourth-order valence-electron chi connectivity index (χ4n) is 1.41. The van der Waals surface area contributed by atoms with Gasteiger partial charge < -0.3 is 15.4 Å². The number of carbonyl (C=O) groups excluding carboxylic acids is 1. The van der Waals surface area contributed by atoms with Gasteiger partial charge in [0.05, 0.1) is 6.61 Å². The van der Waals surface area contributed by atoms with E-state index in [2.05, 4.69) is 0 Å². The van der Waals surface area contributed by atoms with Gasteiger partial charge in [-0.3, -0.25) is 4.79 Å². The Morgan fingerprint density at radius 1 is 1.50 bits per heavy atom. The number of anilines is 1. The maximum atomic E-state index is 11.7. The van der Waals surface area contributed by atoms with Gasteiger partial charge in [-0.25, -0.2) is 0 Å². The predicted octanol–water partition coefficient (Wildman–Crippen LogP) is 1.78. The van der Waals surface area contributed by atoms with Crippen molar-refractivity contribution in [3.05, 3.63) is 35.9 Å². The third-order valence-corrected chi connectivity index (χ3v) is 2.48. The lowest BCUT2D eigenvalue weighted by Gasteiger charge is -2.14. The monoisotopic (exact) mass is 248 g/mol. The number of amides is 1. The topological polar surface area (TPSA) is 55.6 Å². The largest absolute Gasteiger partial charge is 0.399 e. The Balaban J connectivity index is 2.48. The predicted molar refractivity (Wildman–Crippen MR) is 74.0 cm³/mol. The summed E-state index contributed by atoms with van der Waals surface area (Å²) in [7, 11) is 1.76. The zero-order valence-corrected chi connectivity index (χ0v) is 10.9. The number of rotatable bonds is 6. The van der Waals surface area contributed by atoms with Crippen LogP contribution in [0.1, 0.15) is 12.5 Å². The van der Waals surface area contributed by atoms with Crippen LogP contribution < -0.4 is 5.73 Å². The van der Waals surface area contributed by atoms with Gasteiger partial charge in [0, 0.05) is 32.0 Å². The van der Waals surface area contributed by atoms with E-state index in [1.54, 1.807) is 24.1 Å². The summed E-state index contributed by atoms with van der Waals surface area (Å²) in [6.07, 6.45) is 3.30. The number of hydrogen-bond acceptors (Lipinski definition) is 3. The number of hydrogen-bond donors (Lipinski definition) is 1. The lowest BCUT2D eigenvalue weighted by Crippen LogP contribution is -2.28. The molecule has 98 valence electrons. The number of nitrogens with two attached hydrogens (primary N) is 1. The van der Waals surface area contributed by atoms with Gasteiger partial charge in [-0.05, 0) is 30.7 Å². The molecule has 0 spiro atoms. The van der Waals surface area contributed by atoms with Crippen molar-refractivity contribution < 1.29 is 9.53 Å². The van der Waals surface area contributed by atoms with E-state index < -0.39 is 0 Å². The minimum absolute atomic E-state index is 0.0443. The first-order chi connectivity index (χ1) is 8.63. The van der Waals surface area contributed by atoms with E-state index in [1.165, 1.54) is 0 Å². The molecule has 0 heterocycles. The highest BCUT2D eigenvalue weighted by Crippen LogP contribution is 2.08. The van der Waals surface area contributed by atoms with Crippen LogP contribution in [0.3, 0.4) is 0 Å². The Bertz CT molecular complexity index is 416. The molecule has 0 atom stereocenters. The SMILES string of the molecule is CCOCCN(C)C(=O)/C=C/c1cccc(N)c1. The zero-order valence-electron chi connectivity index (χ0n) is 10.9. The molecule has 0 aliphatic carbocycles. The van der Waals surface area contributed by atoms with E-state index in [0.29, 0.717) is 25.4 Å². The summed E-state index contributed by atoms with van der Waals surface area (Å²) in [5, 5.41) is 0. The Kier molecular flexibility index (Phi) is 5.94. The number of nitrogen functional groups attached to an aromatic ring is 1. The maximum Gasteiger partial charge on any atom is 0.246 e. The van der Waals surface area contributed by atoms with Gasteiger partial charge in [-0.2, -0.15) is 0 Å². The standard InChI is InChI=1S/C14H20N2O2/c1-3-18-10-9-16(2)14(17)8-7-12-5-4-6-13(15)11-12/h4-8,11H,3,9-10,15H2,1-2H3/b8-7+. The lowest BCUT2D eigenvalue weighted by atomic mass is 10.2. The molecule has 4 nitrogen and oxygen atoms in total. The van der Waals surface area contributed by atoms with Crippen LogP contribution in [0, 0.1) is 0 Å². The molecule has 4 heteroatoms. The van der Waals surface area contributed by atoms with Crippen LogP contribution in [-0.2, 0) is 9.53 Å². The molecule has 0 aromatic heterocycles. The molecule has 0 fully saturated rings. The molecule has 1 rings (SSSR count). The van der Waals surface area contributed by atoms with Crippen molar-refractivity contribution in [2.75, 3.05) is 32.5 Å². The van der Waals surface area contributed by atoms with Crippen LogP contribution in [0.5, 0.6) is 0 Å². The molecule has 0 saturated heterocycles. The van der Waals surface area contributed by atoms with E-state index in [1.807, 2.05) is 31.2 Å². The molecule has 1 aromatic rings. The van der Waals surface area contributed by atoms with Crippen LogP contribution in [-0.4, -0.2) is 37.6 Å². The summed E-state index contributed by atoms with van der Waals surface area (Å²) in [5.41, 5.74) is 7.27. The second-order valence-electron chi connectivity index (χ2n) is 3.96. The van der Waals surface area contributed by atoms with Gasteiger partial charge in [0.2, 0.25) is 5.91 Å². The average Bonchev–Trinajstić information content (AvgIpc) is 2.36. The minimum Gasteiger partial charge on any atom is -0.399 e. The van der Waals surface area contributed by atoms with Crippen LogP contribution in [0.15, 0.2) is 30.3 Å². The maximum absolute atomic E-state index is 11.7. The van der Waals surface area contributed by atoms with Crippen molar-refractivity contribution >= 4 is 17.7 Å². The van der Waals surface area contributed by atoms with Gasteiger partial charge in [0.25, 0.3) is 0 Å². The van der Waals surface area contributed by atoms with Crippen LogP contribution >= 0.6 is 0 Å². The highest BCUT2D eigenvalue weighted by molar-refractivity contribution is 5.91. The Morgan fingerprint density at radius 3 is 2.94 bits per heavy atom. The molecule has 0 radical (unpaired) electrons. The summed E-state index contributed by atoms with van der Waals surface area (Å²) in [5.74, 6) is -0.0443. The van der Waals surface area contributed by atoms with Gasteiger partial charge in [0.15, 0.2) is 0 Å². The van der Waals surface area contributed by atoms with Crippen molar-refractivity contribution in [2.45, 2.75) is 6.92 Å². The first kappa shape index (κ1) is 14.3. The fraction of sp³-hybridized carbons (Fsp3) is 0.357. The number of ether oxygens (including phenoxy) is 1.